The summed E-state index contributed by atoms with van der Waals surface area (Å²) in [6, 6.07) is 5.91. The number of aliphatic hydroxyl groups is 1. The maximum atomic E-state index is 12.4. The van der Waals surface area contributed by atoms with E-state index < -0.39 is 12.5 Å². The van der Waals surface area contributed by atoms with Gasteiger partial charge in [-0.05, 0) is 24.6 Å². The molecule has 2 N–H and O–H groups in total. The van der Waals surface area contributed by atoms with Crippen molar-refractivity contribution in [2.45, 2.75) is 25.9 Å². The Morgan fingerprint density at radius 1 is 1.31 bits per heavy atom. The molecule has 16 heavy (non-hydrogen) atoms. The molecule has 0 aliphatic rings. The Bertz CT molecular complexity index is 318. The van der Waals surface area contributed by atoms with E-state index in [0.717, 1.165) is 13.0 Å². The van der Waals surface area contributed by atoms with E-state index in [-0.39, 0.29) is 5.56 Å². The Balaban J connectivity index is 2.60. The molecule has 0 amide bonds. The van der Waals surface area contributed by atoms with E-state index in [1.165, 1.54) is 12.1 Å². The van der Waals surface area contributed by atoms with Crippen LogP contribution in [0.15, 0.2) is 24.3 Å². The maximum absolute atomic E-state index is 12.4. The van der Waals surface area contributed by atoms with Gasteiger partial charge >= 0.3 is 0 Å². The highest BCUT2D eigenvalue weighted by Gasteiger charge is 2.11. The van der Waals surface area contributed by atoms with Crippen molar-refractivity contribution >= 4 is 0 Å². The van der Waals surface area contributed by atoms with E-state index in [2.05, 4.69) is 5.32 Å². The first-order valence-corrected chi connectivity index (χ1v) is 5.42. The molecule has 0 saturated heterocycles. The summed E-state index contributed by atoms with van der Waals surface area (Å²) in [6.07, 6.45) is -2.25. The van der Waals surface area contributed by atoms with Gasteiger partial charge in [0.25, 0.3) is 6.43 Å². The molecule has 0 aliphatic carbocycles. The van der Waals surface area contributed by atoms with Gasteiger partial charge in [0.05, 0.1) is 6.10 Å². The average Bonchev–Trinajstić information content (AvgIpc) is 2.29. The Labute approximate surface area is 94.3 Å². The average molecular weight is 229 g/mol. The summed E-state index contributed by atoms with van der Waals surface area (Å²) < 4.78 is 24.8. The van der Waals surface area contributed by atoms with Gasteiger partial charge in [-0.3, -0.25) is 0 Å². The van der Waals surface area contributed by atoms with E-state index in [4.69, 9.17) is 0 Å². The van der Waals surface area contributed by atoms with Gasteiger partial charge in [-0.15, -0.1) is 0 Å². The van der Waals surface area contributed by atoms with Crippen LogP contribution in [0, 0.1) is 0 Å². The van der Waals surface area contributed by atoms with Crippen LogP contribution in [-0.2, 0) is 0 Å². The molecule has 0 aliphatic heterocycles. The third-order valence-electron chi connectivity index (χ3n) is 2.31. The molecule has 1 unspecified atom stereocenters. The molecule has 0 heterocycles. The van der Waals surface area contributed by atoms with Crippen molar-refractivity contribution < 1.29 is 13.9 Å². The van der Waals surface area contributed by atoms with Crippen molar-refractivity contribution in [3.8, 4) is 0 Å². The van der Waals surface area contributed by atoms with Crippen LogP contribution in [0.2, 0.25) is 0 Å². The third kappa shape index (κ3) is 3.87. The Morgan fingerprint density at radius 2 is 2.00 bits per heavy atom. The normalized spacial score (nSPS) is 13.1. The van der Waals surface area contributed by atoms with E-state index >= 15 is 0 Å². The van der Waals surface area contributed by atoms with Gasteiger partial charge in [-0.2, -0.15) is 0 Å². The van der Waals surface area contributed by atoms with Crippen LogP contribution in [0.4, 0.5) is 8.78 Å². The smallest absolute Gasteiger partial charge is 0.263 e. The SMILES string of the molecule is CCCNCC(O)c1cccc(C(F)F)c1. The number of benzene rings is 1. The Kier molecular flexibility index (Phi) is 5.35. The van der Waals surface area contributed by atoms with Crippen molar-refractivity contribution in [1.82, 2.24) is 5.32 Å². The van der Waals surface area contributed by atoms with Gasteiger partial charge in [-0.1, -0.05) is 25.1 Å². The van der Waals surface area contributed by atoms with Crippen molar-refractivity contribution in [2.75, 3.05) is 13.1 Å². The van der Waals surface area contributed by atoms with Crippen molar-refractivity contribution in [3.05, 3.63) is 35.4 Å². The predicted molar refractivity (Wildman–Crippen MR) is 59.5 cm³/mol. The molecule has 1 aromatic carbocycles. The highest BCUT2D eigenvalue weighted by Crippen LogP contribution is 2.22. The molecule has 0 bridgehead atoms. The lowest BCUT2D eigenvalue weighted by Gasteiger charge is -2.12. The second-order valence-electron chi connectivity index (χ2n) is 3.69. The van der Waals surface area contributed by atoms with E-state index in [0.29, 0.717) is 12.1 Å². The summed E-state index contributed by atoms with van der Waals surface area (Å²) in [5, 5.41) is 12.8. The highest BCUT2D eigenvalue weighted by atomic mass is 19.3. The molecule has 1 atom stereocenters. The first-order chi connectivity index (χ1) is 7.65. The van der Waals surface area contributed by atoms with Gasteiger partial charge in [-0.25, -0.2) is 8.78 Å². The topological polar surface area (TPSA) is 32.3 Å². The lowest BCUT2D eigenvalue weighted by Crippen LogP contribution is -2.22. The summed E-state index contributed by atoms with van der Waals surface area (Å²) in [5.74, 6) is 0. The minimum absolute atomic E-state index is 0.0490. The monoisotopic (exact) mass is 229 g/mol. The molecule has 90 valence electrons. The Hall–Kier alpha value is -1.00. The number of halogens is 2. The zero-order chi connectivity index (χ0) is 12.0. The molecular weight excluding hydrogens is 212 g/mol. The number of rotatable bonds is 6. The van der Waals surface area contributed by atoms with Gasteiger partial charge in [0.1, 0.15) is 0 Å². The molecule has 1 rings (SSSR count). The van der Waals surface area contributed by atoms with Crippen LogP contribution >= 0.6 is 0 Å². The predicted octanol–water partition coefficient (Wildman–Crippen LogP) is 2.66. The second kappa shape index (κ2) is 6.55. The largest absolute Gasteiger partial charge is 0.387 e. The number of aliphatic hydroxyl groups excluding tert-OH is 1. The first-order valence-electron chi connectivity index (χ1n) is 5.42. The van der Waals surface area contributed by atoms with Crippen LogP contribution < -0.4 is 5.32 Å². The zero-order valence-electron chi connectivity index (χ0n) is 9.29. The number of alkyl halides is 2. The van der Waals surface area contributed by atoms with Crippen LogP contribution in [0.1, 0.15) is 37.0 Å². The van der Waals surface area contributed by atoms with Gasteiger partial charge in [0.15, 0.2) is 0 Å². The lowest BCUT2D eigenvalue weighted by atomic mass is 10.1. The molecule has 0 spiro atoms. The summed E-state index contributed by atoms with van der Waals surface area (Å²) >= 11 is 0. The lowest BCUT2D eigenvalue weighted by molar-refractivity contribution is 0.149. The van der Waals surface area contributed by atoms with E-state index in [9.17, 15) is 13.9 Å². The second-order valence-corrected chi connectivity index (χ2v) is 3.69. The molecule has 0 fully saturated rings. The number of hydrogen-bond donors (Lipinski definition) is 2. The fourth-order valence-corrected chi connectivity index (χ4v) is 1.44. The summed E-state index contributed by atoms with van der Waals surface area (Å²) in [5.41, 5.74) is 0.480. The van der Waals surface area contributed by atoms with E-state index in [1.807, 2.05) is 6.92 Å². The maximum Gasteiger partial charge on any atom is 0.263 e. The summed E-state index contributed by atoms with van der Waals surface area (Å²) in [4.78, 5) is 0. The highest BCUT2D eigenvalue weighted by molar-refractivity contribution is 5.26. The minimum atomic E-state index is -2.49. The standard InChI is InChI=1S/C12H17F2NO/c1-2-6-15-8-11(16)9-4-3-5-10(7-9)12(13)14/h3-5,7,11-12,15-16H,2,6,8H2,1H3. The third-order valence-corrected chi connectivity index (χ3v) is 2.31. The van der Waals surface area contributed by atoms with Crippen LogP contribution in [0.3, 0.4) is 0 Å². The summed E-state index contributed by atoms with van der Waals surface area (Å²) in [7, 11) is 0. The van der Waals surface area contributed by atoms with E-state index in [1.54, 1.807) is 12.1 Å². The molecule has 1 aromatic rings. The molecule has 4 heteroatoms. The zero-order valence-corrected chi connectivity index (χ0v) is 9.29. The molecule has 0 aromatic heterocycles. The number of nitrogens with one attached hydrogen (secondary N) is 1. The van der Waals surface area contributed by atoms with Crippen molar-refractivity contribution in [2.24, 2.45) is 0 Å². The van der Waals surface area contributed by atoms with Gasteiger partial charge < -0.3 is 10.4 Å². The van der Waals surface area contributed by atoms with Crippen LogP contribution in [-0.4, -0.2) is 18.2 Å². The number of hydrogen-bond acceptors (Lipinski definition) is 2. The fraction of sp³-hybridized carbons (Fsp3) is 0.500. The molecule has 0 saturated carbocycles. The van der Waals surface area contributed by atoms with Gasteiger partial charge in [0, 0.05) is 12.1 Å². The molecule has 2 nitrogen and oxygen atoms in total. The Morgan fingerprint density at radius 3 is 2.62 bits per heavy atom. The molecule has 0 radical (unpaired) electrons. The first kappa shape index (κ1) is 13.1. The van der Waals surface area contributed by atoms with Crippen molar-refractivity contribution in [1.29, 1.82) is 0 Å². The van der Waals surface area contributed by atoms with Crippen LogP contribution in [0.25, 0.3) is 0 Å². The van der Waals surface area contributed by atoms with Crippen LogP contribution in [0.5, 0.6) is 0 Å². The van der Waals surface area contributed by atoms with Gasteiger partial charge in [0.2, 0.25) is 0 Å². The minimum Gasteiger partial charge on any atom is -0.387 e. The van der Waals surface area contributed by atoms with Crippen molar-refractivity contribution in [3.63, 3.8) is 0 Å². The fourth-order valence-electron chi connectivity index (χ4n) is 1.44. The quantitative estimate of drug-likeness (QED) is 0.735. The summed E-state index contributed by atoms with van der Waals surface area (Å²) in [6.45, 7) is 3.23. The molecular formula is C12H17F2NO.